The number of carbonyl (C=O) groups is 2. The van der Waals surface area contributed by atoms with Crippen molar-refractivity contribution in [2.24, 2.45) is 17.6 Å². The van der Waals surface area contributed by atoms with E-state index in [1.165, 1.54) is 0 Å². The van der Waals surface area contributed by atoms with Crippen molar-refractivity contribution in [3.8, 4) is 22.5 Å². The van der Waals surface area contributed by atoms with Crippen LogP contribution < -0.4 is 22.1 Å². The highest BCUT2D eigenvalue weighted by molar-refractivity contribution is 5.97. The van der Waals surface area contributed by atoms with Crippen molar-refractivity contribution < 1.29 is 9.59 Å². The minimum atomic E-state index is -0.752. The number of nitrogens with zero attached hydrogens (tertiary/aromatic N) is 4. The first-order chi connectivity index (χ1) is 19.9. The first-order valence-corrected chi connectivity index (χ1v) is 13.9. The maximum absolute atomic E-state index is 13.5. The molecule has 5 rings (SSSR count). The maximum Gasteiger partial charge on any atom is 0.247 e. The summed E-state index contributed by atoms with van der Waals surface area (Å²) in [5, 5.41) is 20.0. The van der Waals surface area contributed by atoms with E-state index in [-0.39, 0.29) is 17.7 Å². The van der Waals surface area contributed by atoms with Crippen molar-refractivity contribution in [3.05, 3.63) is 71.9 Å². The van der Waals surface area contributed by atoms with Crippen LogP contribution in [0.2, 0.25) is 0 Å². The Morgan fingerprint density at radius 3 is 2.32 bits per heavy atom. The van der Waals surface area contributed by atoms with Crippen LogP contribution in [0.1, 0.15) is 36.9 Å². The van der Waals surface area contributed by atoms with Crippen molar-refractivity contribution in [2.45, 2.75) is 45.1 Å². The van der Waals surface area contributed by atoms with Crippen LogP contribution >= 0.6 is 0 Å². The summed E-state index contributed by atoms with van der Waals surface area (Å²) in [5.41, 5.74) is 16.8. The summed E-state index contributed by atoms with van der Waals surface area (Å²) in [6.07, 6.45) is 3.76. The van der Waals surface area contributed by atoms with Gasteiger partial charge in [-0.05, 0) is 97.8 Å². The van der Waals surface area contributed by atoms with E-state index < -0.39 is 6.04 Å². The first-order valence-electron chi connectivity index (χ1n) is 13.9. The smallest absolute Gasteiger partial charge is 0.247 e. The third-order valence-corrected chi connectivity index (χ3v) is 7.75. The Kier molecular flexibility index (Phi) is 8.64. The van der Waals surface area contributed by atoms with Gasteiger partial charge in [0.25, 0.3) is 0 Å². The molecule has 0 spiro atoms. The van der Waals surface area contributed by atoms with Gasteiger partial charge in [0, 0.05) is 34.8 Å². The molecule has 0 radical (unpaired) electrons. The zero-order chi connectivity index (χ0) is 28.8. The number of rotatable bonds is 9. The van der Waals surface area contributed by atoms with E-state index in [1.54, 1.807) is 30.3 Å². The molecule has 0 unspecified atom stereocenters. The number of aromatic amines is 1. The number of H-pyrrole nitrogens is 1. The minimum absolute atomic E-state index is 0.0896. The van der Waals surface area contributed by atoms with Gasteiger partial charge in [-0.1, -0.05) is 24.3 Å². The maximum atomic E-state index is 13.5. The fraction of sp³-hybridized carbons (Fsp3) is 0.333. The van der Waals surface area contributed by atoms with Crippen LogP contribution in [0.4, 0.5) is 11.5 Å². The van der Waals surface area contributed by atoms with Gasteiger partial charge in [0.2, 0.25) is 17.6 Å². The Morgan fingerprint density at radius 1 is 0.976 bits per heavy atom. The molecule has 1 saturated carbocycles. The molecule has 4 aromatic rings. The molecule has 2 heterocycles. The average Bonchev–Trinajstić information content (AvgIpc) is 3.53. The zero-order valence-corrected chi connectivity index (χ0v) is 23.0. The predicted molar refractivity (Wildman–Crippen MR) is 157 cm³/mol. The number of nitrogen functional groups attached to an aromatic ring is 1. The lowest BCUT2D eigenvalue weighted by Crippen LogP contribution is -2.48. The third kappa shape index (κ3) is 6.93. The average molecular weight is 554 g/mol. The highest BCUT2D eigenvalue weighted by Gasteiger charge is 2.29. The number of tetrazole rings is 1. The largest absolute Gasteiger partial charge is 0.384 e. The molecule has 0 saturated heterocycles. The Bertz CT molecular complexity index is 1460. The predicted octanol–water partition coefficient (Wildman–Crippen LogP) is 3.25. The Morgan fingerprint density at radius 2 is 1.68 bits per heavy atom. The van der Waals surface area contributed by atoms with Gasteiger partial charge in [0.15, 0.2) is 0 Å². The van der Waals surface area contributed by atoms with Crippen LogP contribution in [0, 0.1) is 18.8 Å². The molecule has 11 heteroatoms. The number of aryl methyl sites for hydroxylation is 1. The van der Waals surface area contributed by atoms with E-state index in [0.29, 0.717) is 36.2 Å². The SMILES string of the molecule is Cc1nc(N)ccc1-c1ccc(C[C@H](NC(=O)C2CCC(CN)CC2)C(=O)Nc2ccc(-c3nn[nH]n3)cc2)cc1. The summed E-state index contributed by atoms with van der Waals surface area (Å²) in [6.45, 7) is 2.57. The van der Waals surface area contributed by atoms with Gasteiger partial charge in [-0.25, -0.2) is 4.98 Å². The number of nitrogens with two attached hydrogens (primary N) is 2. The fourth-order valence-corrected chi connectivity index (χ4v) is 5.32. The summed E-state index contributed by atoms with van der Waals surface area (Å²) < 4.78 is 0. The highest BCUT2D eigenvalue weighted by Crippen LogP contribution is 2.29. The number of hydrogen-bond donors (Lipinski definition) is 5. The Balaban J connectivity index is 1.31. The van der Waals surface area contributed by atoms with Gasteiger partial charge in [-0.2, -0.15) is 5.21 Å². The quantitative estimate of drug-likeness (QED) is 0.210. The van der Waals surface area contributed by atoms with Gasteiger partial charge in [0.1, 0.15) is 11.9 Å². The fourth-order valence-electron chi connectivity index (χ4n) is 5.32. The van der Waals surface area contributed by atoms with E-state index >= 15 is 0 Å². The van der Waals surface area contributed by atoms with Crippen molar-refractivity contribution in [1.82, 2.24) is 30.9 Å². The molecule has 2 aromatic carbocycles. The van der Waals surface area contributed by atoms with Crippen LogP contribution in [-0.4, -0.2) is 50.0 Å². The summed E-state index contributed by atoms with van der Waals surface area (Å²) in [6, 6.07) is 18.1. The molecular weight excluding hydrogens is 518 g/mol. The Labute approximate surface area is 238 Å². The summed E-state index contributed by atoms with van der Waals surface area (Å²) >= 11 is 0. The summed E-state index contributed by atoms with van der Waals surface area (Å²) in [4.78, 5) is 31.1. The van der Waals surface area contributed by atoms with Crippen LogP contribution in [0.5, 0.6) is 0 Å². The molecule has 2 aromatic heterocycles. The van der Waals surface area contributed by atoms with E-state index in [1.807, 2.05) is 37.3 Å². The van der Waals surface area contributed by atoms with Crippen LogP contribution in [-0.2, 0) is 16.0 Å². The molecule has 1 fully saturated rings. The highest BCUT2D eigenvalue weighted by atomic mass is 16.2. The van der Waals surface area contributed by atoms with E-state index in [9.17, 15) is 9.59 Å². The first kappa shape index (κ1) is 27.9. The molecule has 1 aliphatic carbocycles. The number of amides is 2. The number of hydrogen-bond acceptors (Lipinski definition) is 8. The standard InChI is InChI=1S/C30H35N9O2/c1-18-25(14-15-27(32)33-18)21-6-2-19(3-7-21)16-26(35-29(40)23-8-4-20(17-31)5-9-23)30(41)34-24-12-10-22(11-13-24)28-36-38-39-37-28/h2-3,6-7,10-15,20,23,26H,4-5,8-9,16-17,31H2,1H3,(H2,32,33)(H,34,41)(H,35,40)(H,36,37,38,39)/t20?,23?,26-/m0/s1. The molecular formula is C30H35N9O2. The monoisotopic (exact) mass is 553 g/mol. The third-order valence-electron chi connectivity index (χ3n) is 7.75. The van der Waals surface area contributed by atoms with Crippen LogP contribution in [0.3, 0.4) is 0 Å². The van der Waals surface area contributed by atoms with E-state index in [0.717, 1.165) is 53.6 Å². The van der Waals surface area contributed by atoms with Gasteiger partial charge < -0.3 is 22.1 Å². The summed E-state index contributed by atoms with van der Waals surface area (Å²) in [7, 11) is 0. The van der Waals surface area contributed by atoms with Crippen molar-refractivity contribution >= 4 is 23.3 Å². The second-order valence-corrected chi connectivity index (χ2v) is 10.6. The number of pyridine rings is 1. The van der Waals surface area contributed by atoms with E-state index in [4.69, 9.17) is 11.5 Å². The van der Waals surface area contributed by atoms with Crippen molar-refractivity contribution in [2.75, 3.05) is 17.6 Å². The van der Waals surface area contributed by atoms with Crippen molar-refractivity contribution in [1.29, 1.82) is 0 Å². The number of anilines is 2. The summed E-state index contributed by atoms with van der Waals surface area (Å²) in [5.74, 6) is 0.911. The lowest BCUT2D eigenvalue weighted by Gasteiger charge is -2.28. The number of aromatic nitrogens is 5. The molecule has 0 bridgehead atoms. The number of benzene rings is 2. The molecule has 0 aliphatic heterocycles. The van der Waals surface area contributed by atoms with Crippen molar-refractivity contribution in [3.63, 3.8) is 0 Å². The van der Waals surface area contributed by atoms with Gasteiger partial charge >= 0.3 is 0 Å². The second-order valence-electron chi connectivity index (χ2n) is 10.6. The van der Waals surface area contributed by atoms with E-state index in [2.05, 4.69) is 36.2 Å². The molecule has 1 aliphatic rings. The zero-order valence-electron chi connectivity index (χ0n) is 23.0. The normalized spacial score (nSPS) is 17.5. The number of nitrogens with one attached hydrogen (secondary N) is 3. The molecule has 1 atom stereocenters. The van der Waals surface area contributed by atoms with Crippen LogP contribution in [0.15, 0.2) is 60.7 Å². The molecule has 212 valence electrons. The second kappa shape index (κ2) is 12.7. The van der Waals surface area contributed by atoms with Gasteiger partial charge in [-0.3, -0.25) is 9.59 Å². The molecule has 2 amide bonds. The number of carbonyl (C=O) groups excluding carboxylic acids is 2. The molecule has 7 N–H and O–H groups in total. The van der Waals surface area contributed by atoms with Gasteiger partial charge in [-0.15, -0.1) is 10.2 Å². The molecule has 11 nitrogen and oxygen atoms in total. The van der Waals surface area contributed by atoms with Gasteiger partial charge in [0.05, 0.1) is 0 Å². The Hall–Kier alpha value is -4.64. The topological polar surface area (TPSA) is 178 Å². The van der Waals surface area contributed by atoms with Crippen LogP contribution in [0.25, 0.3) is 22.5 Å². The minimum Gasteiger partial charge on any atom is -0.384 e. The molecule has 41 heavy (non-hydrogen) atoms. The lowest BCUT2D eigenvalue weighted by molar-refractivity contribution is -0.130. The lowest BCUT2D eigenvalue weighted by atomic mass is 9.81.